The topological polar surface area (TPSA) is 120 Å². The zero-order valence-corrected chi connectivity index (χ0v) is 11.0. The second-order valence-corrected chi connectivity index (χ2v) is 3.99. The molecule has 0 saturated carbocycles. The van der Waals surface area contributed by atoms with Crippen molar-refractivity contribution in [3.8, 4) is 0 Å². The van der Waals surface area contributed by atoms with Gasteiger partial charge < -0.3 is 15.2 Å². The van der Waals surface area contributed by atoms with Crippen molar-refractivity contribution in [2.75, 3.05) is 13.7 Å². The van der Waals surface area contributed by atoms with E-state index >= 15 is 0 Å². The number of carboxylic acids is 1. The minimum atomic E-state index is -1.20. The van der Waals surface area contributed by atoms with Crippen LogP contribution in [0.15, 0.2) is 21.9 Å². The Hall–Kier alpha value is -2.42. The predicted octanol–water partition coefficient (Wildman–Crippen LogP) is -2.24. The zero-order valence-electron chi connectivity index (χ0n) is 11.0. The third kappa shape index (κ3) is 3.79. The number of hydrogen-bond acceptors (Lipinski definition) is 5. The number of hydrogen-bond donors (Lipinski definition) is 2. The minimum Gasteiger partial charge on any atom is -0.479 e. The van der Waals surface area contributed by atoms with Gasteiger partial charge in [-0.1, -0.05) is 0 Å². The molecular formula is C11H15N3O6. The molecule has 0 spiro atoms. The quantitative estimate of drug-likeness (QED) is 0.610. The van der Waals surface area contributed by atoms with Crippen molar-refractivity contribution in [3.05, 3.63) is 33.1 Å². The van der Waals surface area contributed by atoms with Crippen molar-refractivity contribution < 1.29 is 19.4 Å². The third-order valence-corrected chi connectivity index (χ3v) is 2.62. The first kappa shape index (κ1) is 15.6. The van der Waals surface area contributed by atoms with Crippen LogP contribution in [0.2, 0.25) is 0 Å². The Balaban J connectivity index is 2.68. The van der Waals surface area contributed by atoms with Crippen molar-refractivity contribution in [1.82, 2.24) is 14.5 Å². The predicted molar refractivity (Wildman–Crippen MR) is 67.4 cm³/mol. The number of carbonyl (C=O) groups excluding carboxylic acids is 1. The van der Waals surface area contributed by atoms with Gasteiger partial charge in [0.15, 0.2) is 6.10 Å². The summed E-state index contributed by atoms with van der Waals surface area (Å²) in [5.74, 6) is -1.76. The molecule has 0 aliphatic rings. The van der Waals surface area contributed by atoms with E-state index in [-0.39, 0.29) is 13.1 Å². The van der Waals surface area contributed by atoms with E-state index in [9.17, 15) is 19.2 Å². The Labute approximate surface area is 113 Å². The summed E-state index contributed by atoms with van der Waals surface area (Å²) in [4.78, 5) is 45.1. The first-order valence-corrected chi connectivity index (χ1v) is 5.65. The summed E-state index contributed by atoms with van der Waals surface area (Å²) in [5.41, 5.74) is -1.11. The molecule has 0 fully saturated rings. The molecule has 1 atom stereocenters. The average molecular weight is 285 g/mol. The van der Waals surface area contributed by atoms with E-state index in [1.54, 1.807) is 0 Å². The Kier molecular flexibility index (Phi) is 5.21. The van der Waals surface area contributed by atoms with Gasteiger partial charge in [-0.05, 0) is 0 Å². The second-order valence-electron chi connectivity index (χ2n) is 3.99. The molecule has 20 heavy (non-hydrogen) atoms. The van der Waals surface area contributed by atoms with Gasteiger partial charge in [0.1, 0.15) is 6.54 Å². The van der Waals surface area contributed by atoms with Crippen LogP contribution in [0.25, 0.3) is 0 Å². The highest BCUT2D eigenvalue weighted by atomic mass is 16.5. The number of methoxy groups -OCH3 is 1. The molecule has 1 heterocycles. The highest BCUT2D eigenvalue weighted by molar-refractivity contribution is 5.77. The van der Waals surface area contributed by atoms with Crippen LogP contribution in [0.3, 0.4) is 0 Å². The number of amides is 1. The van der Waals surface area contributed by atoms with Gasteiger partial charge in [0.05, 0.1) is 6.54 Å². The SMILES string of the molecule is COC(CNC(=O)Cn1ccc(=O)n(C)c1=O)C(=O)O. The Morgan fingerprint density at radius 2 is 2.10 bits per heavy atom. The van der Waals surface area contributed by atoms with E-state index < -0.39 is 29.2 Å². The third-order valence-electron chi connectivity index (χ3n) is 2.62. The molecule has 9 heteroatoms. The normalized spacial score (nSPS) is 11.9. The summed E-state index contributed by atoms with van der Waals surface area (Å²) in [7, 11) is 2.51. The molecule has 1 aromatic heterocycles. The lowest BCUT2D eigenvalue weighted by Gasteiger charge is -2.12. The van der Waals surface area contributed by atoms with Gasteiger partial charge in [0.25, 0.3) is 5.56 Å². The minimum absolute atomic E-state index is 0.217. The van der Waals surface area contributed by atoms with E-state index in [1.807, 2.05) is 0 Å². The number of nitrogens with zero attached hydrogens (tertiary/aromatic N) is 2. The first-order chi connectivity index (χ1) is 9.36. The number of rotatable bonds is 6. The molecule has 9 nitrogen and oxygen atoms in total. The maximum atomic E-state index is 11.7. The molecule has 1 rings (SSSR count). The number of aliphatic carboxylic acids is 1. The molecule has 110 valence electrons. The number of carboxylic acid groups (broad SMARTS) is 1. The molecule has 0 saturated heterocycles. The van der Waals surface area contributed by atoms with E-state index in [0.29, 0.717) is 0 Å². The van der Waals surface area contributed by atoms with E-state index in [0.717, 1.165) is 15.2 Å². The molecule has 1 unspecified atom stereocenters. The monoisotopic (exact) mass is 285 g/mol. The van der Waals surface area contributed by atoms with Crippen LogP contribution in [0.1, 0.15) is 0 Å². The van der Waals surface area contributed by atoms with Crippen LogP contribution < -0.4 is 16.6 Å². The fourth-order valence-corrected chi connectivity index (χ4v) is 1.43. The summed E-state index contributed by atoms with van der Waals surface area (Å²) in [5, 5.41) is 11.1. The standard InChI is InChI=1S/C11H15N3O6/c1-13-9(16)3-4-14(11(13)19)6-8(15)12-5-7(20-2)10(17)18/h3-4,7H,5-6H2,1-2H3,(H,12,15)(H,17,18). The largest absolute Gasteiger partial charge is 0.479 e. The lowest BCUT2D eigenvalue weighted by atomic mass is 10.3. The molecule has 1 aromatic rings. The lowest BCUT2D eigenvalue weighted by Crippen LogP contribution is -2.42. The van der Waals surface area contributed by atoms with Gasteiger partial charge in [0.2, 0.25) is 5.91 Å². The van der Waals surface area contributed by atoms with Gasteiger partial charge >= 0.3 is 11.7 Å². The van der Waals surface area contributed by atoms with E-state index in [2.05, 4.69) is 10.1 Å². The molecule has 0 radical (unpaired) electrons. The summed E-state index contributed by atoms with van der Waals surface area (Å²) >= 11 is 0. The van der Waals surface area contributed by atoms with Crippen LogP contribution in [0, 0.1) is 0 Å². The Morgan fingerprint density at radius 3 is 2.65 bits per heavy atom. The summed E-state index contributed by atoms with van der Waals surface area (Å²) < 4.78 is 6.55. The molecule has 0 bridgehead atoms. The van der Waals surface area contributed by atoms with Gasteiger partial charge in [-0.3, -0.25) is 18.7 Å². The van der Waals surface area contributed by atoms with Crippen LogP contribution >= 0.6 is 0 Å². The number of aromatic nitrogens is 2. The van der Waals surface area contributed by atoms with E-state index in [1.165, 1.54) is 20.4 Å². The molecule has 0 aliphatic carbocycles. The second kappa shape index (κ2) is 6.66. The van der Waals surface area contributed by atoms with E-state index in [4.69, 9.17) is 5.11 Å². The van der Waals surface area contributed by atoms with Gasteiger partial charge in [-0.2, -0.15) is 0 Å². The molecular weight excluding hydrogens is 270 g/mol. The summed E-state index contributed by atoms with van der Waals surface area (Å²) in [6.07, 6.45) is 0.0470. The molecule has 1 amide bonds. The number of nitrogens with one attached hydrogen (secondary N) is 1. The maximum Gasteiger partial charge on any atom is 0.334 e. The summed E-state index contributed by atoms with van der Waals surface area (Å²) in [6.45, 7) is -0.534. The van der Waals surface area contributed by atoms with Gasteiger partial charge in [0, 0.05) is 26.4 Å². The van der Waals surface area contributed by atoms with Crippen LogP contribution in [0.5, 0.6) is 0 Å². The van der Waals surface area contributed by atoms with Crippen LogP contribution in [-0.4, -0.2) is 45.9 Å². The van der Waals surface area contributed by atoms with Gasteiger partial charge in [-0.25, -0.2) is 9.59 Å². The Morgan fingerprint density at radius 1 is 1.45 bits per heavy atom. The number of ether oxygens (including phenoxy) is 1. The fourth-order valence-electron chi connectivity index (χ4n) is 1.43. The molecule has 0 aromatic carbocycles. The van der Waals surface area contributed by atoms with Crippen molar-refractivity contribution in [3.63, 3.8) is 0 Å². The lowest BCUT2D eigenvalue weighted by molar-refractivity contribution is -0.148. The van der Waals surface area contributed by atoms with Gasteiger partial charge in [-0.15, -0.1) is 0 Å². The average Bonchev–Trinajstić information content (AvgIpc) is 2.40. The fraction of sp³-hybridized carbons (Fsp3) is 0.455. The molecule has 0 aliphatic heterocycles. The van der Waals surface area contributed by atoms with Crippen molar-refractivity contribution in [2.45, 2.75) is 12.6 Å². The first-order valence-electron chi connectivity index (χ1n) is 5.65. The highest BCUT2D eigenvalue weighted by Gasteiger charge is 2.17. The number of carbonyl (C=O) groups is 2. The molecule has 2 N–H and O–H groups in total. The van der Waals surface area contributed by atoms with Crippen molar-refractivity contribution in [2.24, 2.45) is 7.05 Å². The smallest absolute Gasteiger partial charge is 0.334 e. The summed E-state index contributed by atoms with van der Waals surface area (Å²) in [6, 6.07) is 1.16. The maximum absolute atomic E-state index is 11.7. The van der Waals surface area contributed by atoms with Crippen molar-refractivity contribution in [1.29, 1.82) is 0 Å². The zero-order chi connectivity index (χ0) is 15.3. The van der Waals surface area contributed by atoms with Crippen LogP contribution in [-0.2, 0) is 27.9 Å². The van der Waals surface area contributed by atoms with Crippen molar-refractivity contribution >= 4 is 11.9 Å². The van der Waals surface area contributed by atoms with Crippen LogP contribution in [0.4, 0.5) is 0 Å². The Bertz CT molecular complexity index is 617. The highest BCUT2D eigenvalue weighted by Crippen LogP contribution is 1.88.